The van der Waals surface area contributed by atoms with E-state index in [1.165, 1.54) is 109 Å². The molecule has 0 saturated heterocycles. The Hall–Kier alpha value is -0.990. The minimum Gasteiger partial charge on any atom is -0.463 e. The van der Waals surface area contributed by atoms with Gasteiger partial charge in [0.1, 0.15) is 0 Å². The molecule has 154 valence electrons. The average molecular weight is 368 g/mol. The number of esters is 1. The number of hydrogen-bond acceptors (Lipinski definition) is 3. The van der Waals surface area contributed by atoms with Crippen LogP contribution in [0, 0.1) is 0 Å². The number of carbonyl (C=O) groups is 1. The van der Waals surface area contributed by atoms with E-state index in [2.05, 4.69) is 12.2 Å². The van der Waals surface area contributed by atoms with Crippen LogP contribution in [0.3, 0.4) is 0 Å². The average Bonchev–Trinajstić information content (AvgIpc) is 2.64. The van der Waals surface area contributed by atoms with Crippen molar-refractivity contribution in [2.45, 2.75) is 117 Å². The minimum absolute atomic E-state index is 0.271. The second-order valence-electron chi connectivity index (χ2n) is 7.34. The van der Waals surface area contributed by atoms with E-state index in [9.17, 15) is 4.79 Å². The van der Waals surface area contributed by atoms with Gasteiger partial charge in [-0.15, -0.1) is 0 Å². The predicted molar refractivity (Wildman–Crippen MR) is 113 cm³/mol. The fourth-order valence-electron chi connectivity index (χ4n) is 3.18. The number of hydrogen-bond donors (Lipinski definition) is 1. The van der Waals surface area contributed by atoms with Crippen LogP contribution in [0.1, 0.15) is 117 Å². The van der Waals surface area contributed by atoms with Crippen LogP contribution in [0.2, 0.25) is 0 Å². The summed E-state index contributed by atoms with van der Waals surface area (Å²) in [4.78, 5) is 11.1. The molecule has 0 aliphatic rings. The molecule has 0 rings (SSSR count). The summed E-state index contributed by atoms with van der Waals surface area (Å²) in [5.74, 6) is -0.271. The van der Waals surface area contributed by atoms with E-state index < -0.39 is 0 Å². The van der Waals surface area contributed by atoms with Crippen LogP contribution in [0.4, 0.5) is 0 Å². The summed E-state index contributed by atoms with van der Waals surface area (Å²) in [6.45, 7) is 5.47. The highest BCUT2D eigenvalue weighted by atomic mass is 16.5. The van der Waals surface area contributed by atoms with Gasteiger partial charge < -0.3 is 10.1 Å². The molecule has 0 amide bonds. The van der Waals surface area contributed by atoms with Crippen molar-refractivity contribution >= 4 is 5.97 Å². The first-order valence-electron chi connectivity index (χ1n) is 11.4. The zero-order valence-electron chi connectivity index (χ0n) is 17.7. The van der Waals surface area contributed by atoms with Crippen LogP contribution in [0.25, 0.3) is 0 Å². The first kappa shape index (κ1) is 25.0. The Bertz CT molecular complexity index is 315. The van der Waals surface area contributed by atoms with Gasteiger partial charge in [-0.3, -0.25) is 0 Å². The van der Waals surface area contributed by atoms with Crippen molar-refractivity contribution in [3.8, 4) is 0 Å². The van der Waals surface area contributed by atoms with E-state index in [0.717, 1.165) is 6.54 Å². The van der Waals surface area contributed by atoms with Crippen molar-refractivity contribution in [3.63, 3.8) is 0 Å². The standard InChI is InChI=1S/C23H45NO2/c1-3-5-6-7-8-9-10-11-12-13-14-15-16-17-18-19-21-24-22-20-23(25)26-4-2/h20,22,24H,3-19,21H2,1-2H3/b22-20+. The Morgan fingerprint density at radius 2 is 1.12 bits per heavy atom. The molecule has 0 atom stereocenters. The third-order valence-corrected chi connectivity index (χ3v) is 4.80. The van der Waals surface area contributed by atoms with Gasteiger partial charge in [0.25, 0.3) is 0 Å². The Kier molecular flexibility index (Phi) is 21.2. The summed E-state index contributed by atoms with van der Waals surface area (Å²) in [5, 5.41) is 3.14. The molecule has 0 aliphatic carbocycles. The van der Waals surface area contributed by atoms with Crippen molar-refractivity contribution in [2.75, 3.05) is 13.2 Å². The molecular formula is C23H45NO2. The SMILES string of the molecule is CCCCCCCCCCCCCCCCCCN/C=C/C(=O)OCC. The van der Waals surface area contributed by atoms with Gasteiger partial charge >= 0.3 is 5.97 Å². The van der Waals surface area contributed by atoms with Gasteiger partial charge in [-0.05, 0) is 13.3 Å². The van der Waals surface area contributed by atoms with E-state index in [1.54, 1.807) is 6.20 Å². The third kappa shape index (κ3) is 21.1. The second-order valence-corrected chi connectivity index (χ2v) is 7.34. The van der Waals surface area contributed by atoms with Gasteiger partial charge in [0, 0.05) is 18.8 Å². The van der Waals surface area contributed by atoms with E-state index in [-0.39, 0.29) is 5.97 Å². The number of unbranched alkanes of at least 4 members (excludes halogenated alkanes) is 15. The molecule has 0 bridgehead atoms. The highest BCUT2D eigenvalue weighted by Gasteiger charge is 1.95. The summed E-state index contributed by atoms with van der Waals surface area (Å²) in [6.07, 6.45) is 25.4. The van der Waals surface area contributed by atoms with Crippen LogP contribution in [-0.4, -0.2) is 19.1 Å². The van der Waals surface area contributed by atoms with Gasteiger partial charge in [0.2, 0.25) is 0 Å². The summed E-state index contributed by atoms with van der Waals surface area (Å²) in [6, 6.07) is 0. The maximum absolute atomic E-state index is 11.1. The molecule has 0 heterocycles. The lowest BCUT2D eigenvalue weighted by Crippen LogP contribution is -2.08. The van der Waals surface area contributed by atoms with Crippen molar-refractivity contribution in [1.29, 1.82) is 0 Å². The Labute approximate surface area is 163 Å². The normalized spacial score (nSPS) is 11.2. The van der Waals surface area contributed by atoms with Gasteiger partial charge in [-0.25, -0.2) is 4.79 Å². The molecule has 0 radical (unpaired) electrons. The lowest BCUT2D eigenvalue weighted by molar-refractivity contribution is -0.137. The van der Waals surface area contributed by atoms with Crippen molar-refractivity contribution in [2.24, 2.45) is 0 Å². The zero-order valence-corrected chi connectivity index (χ0v) is 17.7. The topological polar surface area (TPSA) is 38.3 Å². The monoisotopic (exact) mass is 367 g/mol. The lowest BCUT2D eigenvalue weighted by Gasteiger charge is -2.04. The third-order valence-electron chi connectivity index (χ3n) is 4.80. The molecule has 0 fully saturated rings. The number of ether oxygens (including phenoxy) is 1. The van der Waals surface area contributed by atoms with Crippen LogP contribution >= 0.6 is 0 Å². The Morgan fingerprint density at radius 3 is 1.54 bits per heavy atom. The number of rotatable bonds is 20. The molecule has 0 spiro atoms. The summed E-state index contributed by atoms with van der Waals surface area (Å²) in [7, 11) is 0. The molecule has 3 nitrogen and oxygen atoms in total. The molecule has 0 aromatic rings. The second kappa shape index (κ2) is 22.1. The molecular weight excluding hydrogens is 322 g/mol. The van der Waals surface area contributed by atoms with Gasteiger partial charge in [0.15, 0.2) is 0 Å². The van der Waals surface area contributed by atoms with Crippen LogP contribution in [0.5, 0.6) is 0 Å². The molecule has 0 aliphatic heterocycles. The van der Waals surface area contributed by atoms with E-state index in [4.69, 9.17) is 4.74 Å². The molecule has 0 aromatic heterocycles. The molecule has 3 heteroatoms. The molecule has 1 N–H and O–H groups in total. The zero-order chi connectivity index (χ0) is 19.1. The van der Waals surface area contributed by atoms with Crippen molar-refractivity contribution in [3.05, 3.63) is 12.3 Å². The highest BCUT2D eigenvalue weighted by Crippen LogP contribution is 2.13. The molecule has 0 unspecified atom stereocenters. The maximum atomic E-state index is 11.1. The van der Waals surface area contributed by atoms with Crippen LogP contribution in [0.15, 0.2) is 12.3 Å². The van der Waals surface area contributed by atoms with Crippen LogP contribution < -0.4 is 5.32 Å². The highest BCUT2D eigenvalue weighted by molar-refractivity contribution is 5.81. The fourth-order valence-corrected chi connectivity index (χ4v) is 3.18. The van der Waals surface area contributed by atoms with Crippen molar-refractivity contribution in [1.82, 2.24) is 5.32 Å². The Morgan fingerprint density at radius 1 is 0.692 bits per heavy atom. The molecule has 0 aromatic carbocycles. The smallest absolute Gasteiger partial charge is 0.332 e. The molecule has 26 heavy (non-hydrogen) atoms. The minimum atomic E-state index is -0.271. The first-order chi connectivity index (χ1) is 12.8. The van der Waals surface area contributed by atoms with Gasteiger partial charge in [-0.2, -0.15) is 0 Å². The number of carbonyl (C=O) groups excluding carboxylic acids is 1. The fraction of sp³-hybridized carbons (Fsp3) is 0.870. The van der Waals surface area contributed by atoms with Gasteiger partial charge in [0.05, 0.1) is 6.61 Å². The van der Waals surface area contributed by atoms with E-state index in [0.29, 0.717) is 6.61 Å². The summed E-state index contributed by atoms with van der Waals surface area (Å²) in [5.41, 5.74) is 0. The molecule has 0 saturated carbocycles. The Balaban J connectivity index is 3.08. The predicted octanol–water partition coefficient (Wildman–Crippen LogP) is 6.91. The lowest BCUT2D eigenvalue weighted by atomic mass is 10.0. The maximum Gasteiger partial charge on any atom is 0.332 e. The van der Waals surface area contributed by atoms with E-state index >= 15 is 0 Å². The van der Waals surface area contributed by atoms with E-state index in [1.807, 2.05) is 6.92 Å². The first-order valence-corrected chi connectivity index (χ1v) is 11.4. The quantitative estimate of drug-likeness (QED) is 0.144. The summed E-state index contributed by atoms with van der Waals surface area (Å²) >= 11 is 0. The number of nitrogens with one attached hydrogen (secondary N) is 1. The van der Waals surface area contributed by atoms with Gasteiger partial charge in [-0.1, -0.05) is 103 Å². The largest absolute Gasteiger partial charge is 0.463 e. The van der Waals surface area contributed by atoms with Crippen LogP contribution in [-0.2, 0) is 9.53 Å². The van der Waals surface area contributed by atoms with Crippen molar-refractivity contribution < 1.29 is 9.53 Å². The summed E-state index contributed by atoms with van der Waals surface area (Å²) < 4.78 is 4.81.